The number of piperidine rings is 1. The Labute approximate surface area is 188 Å². The number of thiocarbonyl (C=S) groups is 1. The number of amides is 1. The summed E-state index contributed by atoms with van der Waals surface area (Å²) >= 11 is 5.32. The Kier molecular flexibility index (Phi) is 7.57. The van der Waals surface area contributed by atoms with Gasteiger partial charge in [0.2, 0.25) is 5.75 Å². The van der Waals surface area contributed by atoms with Crippen LogP contribution in [0.1, 0.15) is 36.5 Å². The Balaban J connectivity index is 1.65. The molecular weight excluding hydrogens is 414 g/mol. The highest BCUT2D eigenvalue weighted by Crippen LogP contribution is 2.38. The third-order valence-electron chi connectivity index (χ3n) is 5.41. The molecule has 1 saturated heterocycles. The SMILES string of the molecule is COc1cc(C(=O)NC(=S)Nc2ccc(N3CCCCC3C)cc2)cc(OC)c1OC. The molecule has 1 aliphatic rings. The summed E-state index contributed by atoms with van der Waals surface area (Å²) < 4.78 is 15.9. The van der Waals surface area contributed by atoms with E-state index in [1.54, 1.807) is 12.1 Å². The van der Waals surface area contributed by atoms with E-state index in [4.69, 9.17) is 26.4 Å². The maximum absolute atomic E-state index is 12.7. The van der Waals surface area contributed by atoms with Crippen molar-refractivity contribution in [3.8, 4) is 17.2 Å². The number of rotatable bonds is 6. The summed E-state index contributed by atoms with van der Waals surface area (Å²) in [4.78, 5) is 15.1. The van der Waals surface area contributed by atoms with Crippen molar-refractivity contribution < 1.29 is 19.0 Å². The minimum atomic E-state index is -0.379. The van der Waals surface area contributed by atoms with Gasteiger partial charge in [-0.05, 0) is 74.8 Å². The first-order valence-corrected chi connectivity index (χ1v) is 10.7. The molecule has 1 heterocycles. The number of hydrogen-bond acceptors (Lipinski definition) is 6. The summed E-state index contributed by atoms with van der Waals surface area (Å²) in [5.41, 5.74) is 2.35. The Morgan fingerprint density at radius 3 is 2.23 bits per heavy atom. The number of anilines is 2. The highest BCUT2D eigenvalue weighted by molar-refractivity contribution is 7.80. The second-order valence-corrected chi connectivity index (χ2v) is 7.82. The van der Waals surface area contributed by atoms with Crippen molar-refractivity contribution in [2.24, 2.45) is 0 Å². The van der Waals surface area contributed by atoms with Crippen molar-refractivity contribution in [2.45, 2.75) is 32.2 Å². The van der Waals surface area contributed by atoms with E-state index >= 15 is 0 Å². The van der Waals surface area contributed by atoms with E-state index in [9.17, 15) is 4.79 Å². The molecule has 0 aliphatic carbocycles. The van der Waals surface area contributed by atoms with Gasteiger partial charge in [-0.2, -0.15) is 0 Å². The number of nitrogens with one attached hydrogen (secondary N) is 2. The topological polar surface area (TPSA) is 72.1 Å². The van der Waals surface area contributed by atoms with Crippen molar-refractivity contribution in [3.05, 3.63) is 42.0 Å². The van der Waals surface area contributed by atoms with Gasteiger partial charge >= 0.3 is 0 Å². The number of carbonyl (C=O) groups excluding carboxylic acids is 1. The minimum absolute atomic E-state index is 0.206. The van der Waals surface area contributed by atoms with Crippen LogP contribution in [0.2, 0.25) is 0 Å². The molecule has 0 bridgehead atoms. The van der Waals surface area contributed by atoms with Gasteiger partial charge in [-0.3, -0.25) is 10.1 Å². The van der Waals surface area contributed by atoms with Gasteiger partial charge in [0.05, 0.1) is 21.3 Å². The Bertz CT molecular complexity index is 908. The van der Waals surface area contributed by atoms with Crippen molar-refractivity contribution in [1.29, 1.82) is 0 Å². The lowest BCUT2D eigenvalue weighted by Gasteiger charge is -2.35. The molecule has 7 nitrogen and oxygen atoms in total. The van der Waals surface area contributed by atoms with E-state index in [0.717, 1.165) is 12.2 Å². The largest absolute Gasteiger partial charge is 0.493 e. The smallest absolute Gasteiger partial charge is 0.257 e. The van der Waals surface area contributed by atoms with Crippen LogP contribution in [0.25, 0.3) is 0 Å². The van der Waals surface area contributed by atoms with Gasteiger partial charge in [0.25, 0.3) is 5.91 Å². The Hall–Kier alpha value is -3.00. The predicted octanol–water partition coefficient (Wildman–Crippen LogP) is 4.22. The minimum Gasteiger partial charge on any atom is -0.493 e. The van der Waals surface area contributed by atoms with Gasteiger partial charge < -0.3 is 24.4 Å². The highest BCUT2D eigenvalue weighted by Gasteiger charge is 2.19. The van der Waals surface area contributed by atoms with Crippen LogP contribution in [-0.2, 0) is 0 Å². The maximum atomic E-state index is 12.7. The third-order valence-corrected chi connectivity index (χ3v) is 5.62. The summed E-state index contributed by atoms with van der Waals surface area (Å²) in [6, 6.07) is 11.8. The zero-order valence-corrected chi connectivity index (χ0v) is 19.2. The first kappa shape index (κ1) is 22.7. The van der Waals surface area contributed by atoms with Gasteiger partial charge in [0, 0.05) is 29.5 Å². The van der Waals surface area contributed by atoms with E-state index in [0.29, 0.717) is 28.9 Å². The lowest BCUT2D eigenvalue weighted by molar-refractivity contribution is 0.0977. The van der Waals surface area contributed by atoms with Crippen molar-refractivity contribution in [3.63, 3.8) is 0 Å². The van der Waals surface area contributed by atoms with Crippen LogP contribution in [0.4, 0.5) is 11.4 Å². The van der Waals surface area contributed by atoms with Crippen molar-refractivity contribution in [2.75, 3.05) is 38.1 Å². The van der Waals surface area contributed by atoms with E-state index < -0.39 is 0 Å². The van der Waals surface area contributed by atoms with Gasteiger partial charge in [0.15, 0.2) is 16.6 Å². The average molecular weight is 444 g/mol. The van der Waals surface area contributed by atoms with Crippen LogP contribution in [0.5, 0.6) is 17.2 Å². The molecule has 2 aromatic rings. The number of methoxy groups -OCH3 is 3. The molecule has 166 valence electrons. The molecule has 1 unspecified atom stereocenters. The zero-order valence-electron chi connectivity index (χ0n) is 18.4. The fourth-order valence-electron chi connectivity index (χ4n) is 3.77. The average Bonchev–Trinajstić information content (AvgIpc) is 2.78. The second-order valence-electron chi connectivity index (χ2n) is 7.41. The summed E-state index contributed by atoms with van der Waals surface area (Å²) in [5, 5.41) is 5.95. The van der Waals surface area contributed by atoms with Crippen LogP contribution >= 0.6 is 12.2 Å². The third kappa shape index (κ3) is 5.38. The molecule has 0 radical (unpaired) electrons. The summed E-state index contributed by atoms with van der Waals surface area (Å²) in [5.74, 6) is 0.836. The predicted molar refractivity (Wildman–Crippen MR) is 127 cm³/mol. The highest BCUT2D eigenvalue weighted by atomic mass is 32.1. The standard InChI is InChI=1S/C23H29N3O4S/c1-15-7-5-6-12-26(15)18-10-8-17(9-11-18)24-23(31)25-22(27)16-13-19(28-2)21(30-4)20(14-16)29-3/h8-11,13-15H,5-7,12H2,1-4H3,(H2,24,25,27,31). The quantitative estimate of drug-likeness (QED) is 0.648. The van der Waals surface area contributed by atoms with E-state index in [-0.39, 0.29) is 11.0 Å². The van der Waals surface area contributed by atoms with Gasteiger partial charge in [0.1, 0.15) is 0 Å². The van der Waals surface area contributed by atoms with Crippen LogP contribution in [-0.4, -0.2) is 44.9 Å². The molecule has 1 amide bonds. The van der Waals surface area contributed by atoms with E-state index in [1.165, 1.54) is 46.3 Å². The van der Waals surface area contributed by atoms with E-state index in [1.807, 2.05) is 12.1 Å². The van der Waals surface area contributed by atoms with Gasteiger partial charge in [-0.15, -0.1) is 0 Å². The first-order valence-electron chi connectivity index (χ1n) is 10.3. The molecule has 1 fully saturated rings. The number of ether oxygens (including phenoxy) is 3. The van der Waals surface area contributed by atoms with Crippen molar-refractivity contribution in [1.82, 2.24) is 5.32 Å². The van der Waals surface area contributed by atoms with Gasteiger partial charge in [-0.1, -0.05) is 0 Å². The zero-order chi connectivity index (χ0) is 22.4. The molecule has 1 atom stereocenters. The number of hydrogen-bond donors (Lipinski definition) is 2. The van der Waals surface area contributed by atoms with Crippen LogP contribution in [0.15, 0.2) is 36.4 Å². The Morgan fingerprint density at radius 1 is 1.03 bits per heavy atom. The van der Waals surface area contributed by atoms with Crippen molar-refractivity contribution >= 4 is 34.6 Å². The summed E-state index contributed by atoms with van der Waals surface area (Å²) in [7, 11) is 4.51. The lowest BCUT2D eigenvalue weighted by atomic mass is 10.0. The first-order chi connectivity index (χ1) is 15.0. The molecule has 3 rings (SSSR count). The van der Waals surface area contributed by atoms with Crippen LogP contribution in [0.3, 0.4) is 0 Å². The molecule has 0 spiro atoms. The second kappa shape index (κ2) is 10.3. The monoisotopic (exact) mass is 443 g/mol. The van der Waals surface area contributed by atoms with E-state index in [2.05, 4.69) is 34.6 Å². The molecule has 8 heteroatoms. The summed E-state index contributed by atoms with van der Waals surface area (Å²) in [6.07, 6.45) is 3.73. The molecule has 0 aromatic heterocycles. The van der Waals surface area contributed by atoms with Crippen LogP contribution in [0, 0.1) is 0 Å². The normalized spacial score (nSPS) is 15.7. The molecular formula is C23H29N3O4S. The molecule has 2 aromatic carbocycles. The number of nitrogens with zero attached hydrogens (tertiary/aromatic N) is 1. The lowest BCUT2D eigenvalue weighted by Crippen LogP contribution is -2.37. The molecule has 31 heavy (non-hydrogen) atoms. The van der Waals surface area contributed by atoms with Crippen LogP contribution < -0.4 is 29.7 Å². The maximum Gasteiger partial charge on any atom is 0.257 e. The molecule has 1 aliphatic heterocycles. The molecule has 2 N–H and O–H groups in total. The Morgan fingerprint density at radius 2 is 1.68 bits per heavy atom. The number of carbonyl (C=O) groups is 1. The van der Waals surface area contributed by atoms with Gasteiger partial charge in [-0.25, -0.2) is 0 Å². The summed E-state index contributed by atoms with van der Waals surface area (Å²) in [6.45, 7) is 3.34. The fourth-order valence-corrected chi connectivity index (χ4v) is 3.98. The number of benzene rings is 2. The molecule has 0 saturated carbocycles. The fraction of sp³-hybridized carbons (Fsp3) is 0.391.